The van der Waals surface area contributed by atoms with E-state index >= 15 is 0 Å². The van der Waals surface area contributed by atoms with Crippen molar-refractivity contribution in [2.75, 3.05) is 0 Å². The number of carbonyl (C=O) groups excluding carboxylic acids is 1. The molecule has 11 heavy (non-hydrogen) atoms. The van der Waals surface area contributed by atoms with Crippen LogP contribution in [0.5, 0.6) is 0 Å². The van der Waals surface area contributed by atoms with Gasteiger partial charge in [-0.05, 0) is 0 Å². The highest BCUT2D eigenvalue weighted by molar-refractivity contribution is 6.32. The summed E-state index contributed by atoms with van der Waals surface area (Å²) in [6.07, 6.45) is -0.454. The molecule has 0 fully saturated rings. The number of hydrogen-bond donors (Lipinski definition) is 2. The maximum atomic E-state index is 10.4. The van der Waals surface area contributed by atoms with Gasteiger partial charge in [0.2, 0.25) is 5.78 Å². The second-order valence-electron chi connectivity index (χ2n) is 2.17. The molecule has 0 radical (unpaired) electrons. The molecule has 0 aromatic rings. The summed E-state index contributed by atoms with van der Waals surface area (Å²) in [6, 6.07) is 0. The first-order valence-corrected chi connectivity index (χ1v) is 2.94. The molecule has 0 spiro atoms. The Hall–Kier alpha value is -1.39. The van der Waals surface area contributed by atoms with E-state index in [0.29, 0.717) is 0 Å². The van der Waals surface area contributed by atoms with Gasteiger partial charge in [0.05, 0.1) is 5.92 Å². The summed E-state index contributed by atoms with van der Waals surface area (Å²) in [6.45, 7) is 1.28. The van der Waals surface area contributed by atoms with Gasteiger partial charge in [-0.25, -0.2) is 4.79 Å². The number of carbonyl (C=O) groups is 3. The summed E-state index contributed by atoms with van der Waals surface area (Å²) in [4.78, 5) is 30.4. The molecule has 0 aromatic carbocycles. The third-order valence-corrected chi connectivity index (χ3v) is 1.15. The van der Waals surface area contributed by atoms with E-state index in [9.17, 15) is 14.4 Å². The smallest absolute Gasteiger partial charge is 0.372 e. The van der Waals surface area contributed by atoms with Crippen LogP contribution in [0.2, 0.25) is 0 Å². The predicted molar refractivity (Wildman–Crippen MR) is 34.1 cm³/mol. The van der Waals surface area contributed by atoms with Crippen molar-refractivity contribution in [3.8, 4) is 0 Å². The van der Waals surface area contributed by atoms with E-state index in [2.05, 4.69) is 0 Å². The summed E-state index contributed by atoms with van der Waals surface area (Å²) in [5, 5.41) is 16.3. The number of carboxylic acids is 2. The Labute approximate surface area is 62.6 Å². The summed E-state index contributed by atoms with van der Waals surface area (Å²) in [5.74, 6) is -4.75. The van der Waals surface area contributed by atoms with Crippen molar-refractivity contribution in [2.45, 2.75) is 13.3 Å². The van der Waals surface area contributed by atoms with Crippen molar-refractivity contribution in [3.05, 3.63) is 0 Å². The van der Waals surface area contributed by atoms with Crippen LogP contribution in [0.25, 0.3) is 0 Å². The number of hydrogen-bond acceptors (Lipinski definition) is 3. The maximum Gasteiger partial charge on any atom is 0.372 e. The van der Waals surface area contributed by atoms with Gasteiger partial charge in [0, 0.05) is 6.42 Å². The lowest BCUT2D eigenvalue weighted by Gasteiger charge is -2.00. The average molecular weight is 160 g/mol. The molecule has 1 atom stereocenters. The van der Waals surface area contributed by atoms with E-state index in [1.165, 1.54) is 6.92 Å². The molecule has 0 rings (SSSR count). The molecule has 2 N–H and O–H groups in total. The first-order chi connectivity index (χ1) is 4.95. The zero-order chi connectivity index (χ0) is 9.02. The van der Waals surface area contributed by atoms with Crippen molar-refractivity contribution < 1.29 is 24.6 Å². The van der Waals surface area contributed by atoms with Gasteiger partial charge in [0.15, 0.2) is 0 Å². The van der Waals surface area contributed by atoms with Gasteiger partial charge in [-0.2, -0.15) is 0 Å². The predicted octanol–water partition coefficient (Wildman–Crippen LogP) is -0.249. The number of rotatable bonds is 4. The normalized spacial score (nSPS) is 12.1. The van der Waals surface area contributed by atoms with Crippen LogP contribution in [0.1, 0.15) is 13.3 Å². The SMILES string of the molecule is C[C@H](CC(=O)C(=O)O)C(=O)O. The molecular weight excluding hydrogens is 152 g/mol. The minimum absolute atomic E-state index is 0.454. The number of aliphatic carboxylic acids is 2. The molecule has 62 valence electrons. The lowest BCUT2D eigenvalue weighted by Crippen LogP contribution is -2.20. The monoisotopic (exact) mass is 160 g/mol. The Balaban J connectivity index is 3.95. The van der Waals surface area contributed by atoms with Crippen molar-refractivity contribution in [2.24, 2.45) is 5.92 Å². The number of carboxylic acid groups (broad SMARTS) is 2. The van der Waals surface area contributed by atoms with Crippen LogP contribution in [0.15, 0.2) is 0 Å². The molecule has 0 unspecified atom stereocenters. The second-order valence-corrected chi connectivity index (χ2v) is 2.17. The Morgan fingerprint density at radius 3 is 2.00 bits per heavy atom. The summed E-state index contributed by atoms with van der Waals surface area (Å²) >= 11 is 0. The van der Waals surface area contributed by atoms with Gasteiger partial charge >= 0.3 is 11.9 Å². The molecular formula is C6H8O5. The minimum Gasteiger partial charge on any atom is -0.481 e. The highest BCUT2D eigenvalue weighted by atomic mass is 16.4. The van der Waals surface area contributed by atoms with E-state index in [0.717, 1.165) is 0 Å². The summed E-state index contributed by atoms with van der Waals surface area (Å²) in [5.41, 5.74) is 0. The minimum atomic E-state index is -1.59. The van der Waals surface area contributed by atoms with Crippen molar-refractivity contribution >= 4 is 17.7 Å². The Bertz CT molecular complexity index is 195. The fourth-order valence-corrected chi connectivity index (χ4v) is 0.453. The topological polar surface area (TPSA) is 91.7 Å². The van der Waals surface area contributed by atoms with Crippen LogP contribution in [-0.2, 0) is 14.4 Å². The van der Waals surface area contributed by atoms with Gasteiger partial charge in [-0.3, -0.25) is 9.59 Å². The maximum absolute atomic E-state index is 10.4. The average Bonchev–Trinajstić information content (AvgIpc) is 1.87. The van der Waals surface area contributed by atoms with Crippen molar-refractivity contribution in [3.63, 3.8) is 0 Å². The van der Waals surface area contributed by atoms with Crippen LogP contribution >= 0.6 is 0 Å². The molecule has 0 bridgehead atoms. The molecule has 0 amide bonds. The quantitative estimate of drug-likeness (QED) is 0.553. The van der Waals surface area contributed by atoms with Crippen LogP contribution < -0.4 is 0 Å². The summed E-state index contributed by atoms with van der Waals surface area (Å²) < 4.78 is 0. The fourth-order valence-electron chi connectivity index (χ4n) is 0.453. The van der Waals surface area contributed by atoms with E-state index in [1.807, 2.05) is 0 Å². The van der Waals surface area contributed by atoms with Crippen LogP contribution in [0.3, 0.4) is 0 Å². The van der Waals surface area contributed by atoms with Crippen LogP contribution in [0, 0.1) is 5.92 Å². The second kappa shape index (κ2) is 3.70. The lowest BCUT2D eigenvalue weighted by molar-refractivity contribution is -0.151. The zero-order valence-corrected chi connectivity index (χ0v) is 5.90. The third kappa shape index (κ3) is 3.34. The van der Waals surface area contributed by atoms with Gasteiger partial charge in [-0.1, -0.05) is 6.92 Å². The fraction of sp³-hybridized carbons (Fsp3) is 0.500. The molecule has 0 saturated carbocycles. The standard InChI is InChI=1S/C6H8O5/c1-3(5(8)9)2-4(7)6(10)11/h3H,2H2,1H3,(H,8,9)(H,10,11)/t3-/m1/s1. The van der Waals surface area contributed by atoms with E-state index < -0.39 is 30.1 Å². The number of ketones is 1. The van der Waals surface area contributed by atoms with Crippen molar-refractivity contribution in [1.29, 1.82) is 0 Å². The van der Waals surface area contributed by atoms with Gasteiger partial charge < -0.3 is 10.2 Å². The molecule has 0 aromatic heterocycles. The highest BCUT2D eigenvalue weighted by Crippen LogP contribution is 2.01. The van der Waals surface area contributed by atoms with Gasteiger partial charge in [0.25, 0.3) is 0 Å². The van der Waals surface area contributed by atoms with E-state index in [-0.39, 0.29) is 0 Å². The summed E-state index contributed by atoms with van der Waals surface area (Å²) in [7, 11) is 0. The third-order valence-electron chi connectivity index (χ3n) is 1.15. The Morgan fingerprint density at radius 2 is 1.73 bits per heavy atom. The number of Topliss-reactive ketones (excluding diaryl/α,β-unsaturated/α-hetero) is 1. The van der Waals surface area contributed by atoms with Crippen molar-refractivity contribution in [1.82, 2.24) is 0 Å². The molecule has 0 saturated heterocycles. The highest BCUT2D eigenvalue weighted by Gasteiger charge is 2.19. The molecule has 0 heterocycles. The molecule has 0 aliphatic carbocycles. The lowest BCUT2D eigenvalue weighted by atomic mass is 10.1. The first kappa shape index (κ1) is 9.61. The molecule has 5 nitrogen and oxygen atoms in total. The molecule has 0 aliphatic heterocycles. The van der Waals surface area contributed by atoms with E-state index in [1.54, 1.807) is 0 Å². The zero-order valence-electron chi connectivity index (χ0n) is 5.90. The molecule has 0 aliphatic rings. The van der Waals surface area contributed by atoms with Crippen LogP contribution in [0.4, 0.5) is 0 Å². The first-order valence-electron chi connectivity index (χ1n) is 2.94. The van der Waals surface area contributed by atoms with Gasteiger partial charge in [-0.15, -0.1) is 0 Å². The van der Waals surface area contributed by atoms with Gasteiger partial charge in [0.1, 0.15) is 0 Å². The van der Waals surface area contributed by atoms with E-state index in [4.69, 9.17) is 10.2 Å². The van der Waals surface area contributed by atoms with Crippen LogP contribution in [-0.4, -0.2) is 27.9 Å². The Kier molecular flexibility index (Phi) is 3.23. The largest absolute Gasteiger partial charge is 0.481 e. The molecule has 5 heteroatoms. The Morgan fingerprint density at radius 1 is 1.27 bits per heavy atom.